The second-order valence-corrected chi connectivity index (χ2v) is 3.03. The smallest absolute Gasteiger partial charge is 0.0655 e. The fraction of sp³-hybridized carbons (Fsp3) is 0.600. The normalized spacial score (nSPS) is 11.5. The molecule has 0 heterocycles. The van der Waals surface area contributed by atoms with Crippen molar-refractivity contribution in [2.45, 2.75) is 20.8 Å². The molecule has 0 aromatic rings. The third-order valence-electron chi connectivity index (χ3n) is 1.41. The number of ether oxygens (including phenoxy) is 1. The number of allylic oxidation sites excluding steroid dienone is 1. The van der Waals surface area contributed by atoms with E-state index in [0.29, 0.717) is 13.2 Å². The van der Waals surface area contributed by atoms with Crippen molar-refractivity contribution < 1.29 is 9.84 Å². The van der Waals surface area contributed by atoms with Crippen molar-refractivity contribution >= 4 is 0 Å². The molecule has 70 valence electrons. The summed E-state index contributed by atoms with van der Waals surface area (Å²) in [5.41, 5.74) is 2.21. The fourth-order valence-electron chi connectivity index (χ4n) is 0.559. The van der Waals surface area contributed by atoms with Gasteiger partial charge in [-0.3, -0.25) is 0 Å². The van der Waals surface area contributed by atoms with Gasteiger partial charge in [-0.2, -0.15) is 0 Å². The lowest BCUT2D eigenvalue weighted by atomic mass is 10.3. The van der Waals surface area contributed by atoms with Gasteiger partial charge in [0, 0.05) is 0 Å². The number of hydrogen-bond acceptors (Lipinski definition) is 2. The Kier molecular flexibility index (Phi) is 6.72. The van der Waals surface area contributed by atoms with E-state index in [0.717, 1.165) is 5.57 Å². The lowest BCUT2D eigenvalue weighted by Crippen LogP contribution is -1.94. The number of aliphatic hydroxyl groups is 1. The minimum atomic E-state index is 0.117. The Morgan fingerprint density at radius 2 is 1.75 bits per heavy atom. The van der Waals surface area contributed by atoms with E-state index in [2.05, 4.69) is 0 Å². The van der Waals surface area contributed by atoms with E-state index in [1.165, 1.54) is 5.57 Å². The third kappa shape index (κ3) is 7.51. The van der Waals surface area contributed by atoms with Gasteiger partial charge in [0.15, 0.2) is 0 Å². The maximum atomic E-state index is 8.64. The van der Waals surface area contributed by atoms with Crippen LogP contribution in [0, 0.1) is 0 Å². The summed E-state index contributed by atoms with van der Waals surface area (Å²) in [5.74, 6) is 0. The van der Waals surface area contributed by atoms with Crippen LogP contribution in [0.5, 0.6) is 0 Å². The van der Waals surface area contributed by atoms with E-state index < -0.39 is 0 Å². The van der Waals surface area contributed by atoms with Crippen LogP contribution < -0.4 is 0 Å². The monoisotopic (exact) mass is 170 g/mol. The molecule has 0 aliphatic rings. The summed E-state index contributed by atoms with van der Waals surface area (Å²) in [6, 6.07) is 0. The minimum absolute atomic E-state index is 0.117. The third-order valence-corrected chi connectivity index (χ3v) is 1.41. The Morgan fingerprint density at radius 3 is 2.25 bits per heavy atom. The van der Waals surface area contributed by atoms with Crippen LogP contribution in [0.2, 0.25) is 0 Å². The standard InChI is InChI=1S/C10H18O2/c1-9(2)4-6-12-7-5-10(3)8-11/h4-5,11H,6-8H2,1-3H3. The molecule has 0 atom stereocenters. The molecule has 0 aliphatic carbocycles. The molecule has 2 heteroatoms. The predicted octanol–water partition coefficient (Wildman–Crippen LogP) is 1.91. The largest absolute Gasteiger partial charge is 0.392 e. The quantitative estimate of drug-likeness (QED) is 0.504. The topological polar surface area (TPSA) is 29.5 Å². The molecule has 0 saturated heterocycles. The second-order valence-electron chi connectivity index (χ2n) is 3.03. The van der Waals surface area contributed by atoms with Crippen molar-refractivity contribution in [1.29, 1.82) is 0 Å². The first-order valence-electron chi connectivity index (χ1n) is 4.14. The van der Waals surface area contributed by atoms with Gasteiger partial charge in [-0.25, -0.2) is 0 Å². The highest BCUT2D eigenvalue weighted by molar-refractivity contribution is 4.98. The van der Waals surface area contributed by atoms with E-state index in [9.17, 15) is 0 Å². The highest BCUT2D eigenvalue weighted by Gasteiger charge is 1.84. The van der Waals surface area contributed by atoms with Crippen LogP contribution in [0.3, 0.4) is 0 Å². The molecule has 0 saturated carbocycles. The van der Waals surface area contributed by atoms with Crippen molar-refractivity contribution in [2.75, 3.05) is 19.8 Å². The van der Waals surface area contributed by atoms with Crippen LogP contribution >= 0.6 is 0 Å². The van der Waals surface area contributed by atoms with E-state index in [4.69, 9.17) is 9.84 Å². The van der Waals surface area contributed by atoms with Crippen LogP contribution in [0.25, 0.3) is 0 Å². The predicted molar refractivity (Wildman–Crippen MR) is 51.1 cm³/mol. The fourth-order valence-corrected chi connectivity index (χ4v) is 0.559. The molecule has 0 fully saturated rings. The van der Waals surface area contributed by atoms with Gasteiger partial charge in [-0.15, -0.1) is 0 Å². The molecule has 0 amide bonds. The van der Waals surface area contributed by atoms with Crippen molar-refractivity contribution in [3.05, 3.63) is 23.3 Å². The highest BCUT2D eigenvalue weighted by atomic mass is 16.5. The van der Waals surface area contributed by atoms with Gasteiger partial charge in [0.2, 0.25) is 0 Å². The van der Waals surface area contributed by atoms with Crippen molar-refractivity contribution in [3.63, 3.8) is 0 Å². The zero-order valence-corrected chi connectivity index (χ0v) is 8.13. The maximum absolute atomic E-state index is 8.64. The summed E-state index contributed by atoms with van der Waals surface area (Å²) < 4.78 is 5.25. The van der Waals surface area contributed by atoms with Crippen LogP contribution in [-0.4, -0.2) is 24.9 Å². The van der Waals surface area contributed by atoms with Gasteiger partial charge < -0.3 is 9.84 Å². The summed E-state index contributed by atoms with van der Waals surface area (Å²) >= 11 is 0. The number of aliphatic hydroxyl groups excluding tert-OH is 1. The molecule has 0 spiro atoms. The average molecular weight is 170 g/mol. The number of rotatable bonds is 5. The van der Waals surface area contributed by atoms with E-state index in [1.807, 2.05) is 32.9 Å². The summed E-state index contributed by atoms with van der Waals surface area (Å²) in [7, 11) is 0. The zero-order valence-electron chi connectivity index (χ0n) is 8.13. The second kappa shape index (κ2) is 7.07. The maximum Gasteiger partial charge on any atom is 0.0655 e. The Morgan fingerprint density at radius 1 is 1.17 bits per heavy atom. The average Bonchev–Trinajstić information content (AvgIpc) is 2.03. The van der Waals surface area contributed by atoms with Gasteiger partial charge in [-0.05, 0) is 26.3 Å². The highest BCUT2D eigenvalue weighted by Crippen LogP contribution is 1.91. The van der Waals surface area contributed by atoms with E-state index in [1.54, 1.807) is 0 Å². The molecular weight excluding hydrogens is 152 g/mol. The number of hydrogen-bond donors (Lipinski definition) is 1. The van der Waals surface area contributed by atoms with Gasteiger partial charge in [0.05, 0.1) is 19.8 Å². The van der Waals surface area contributed by atoms with Gasteiger partial charge >= 0.3 is 0 Å². The molecule has 0 aromatic carbocycles. The van der Waals surface area contributed by atoms with Crippen LogP contribution in [0.1, 0.15) is 20.8 Å². The molecular formula is C10H18O2. The summed E-state index contributed by atoms with van der Waals surface area (Å²) in [6.45, 7) is 7.31. The molecule has 0 unspecified atom stereocenters. The molecule has 0 radical (unpaired) electrons. The summed E-state index contributed by atoms with van der Waals surface area (Å²) in [5, 5.41) is 8.64. The first-order chi connectivity index (χ1) is 5.66. The SMILES string of the molecule is CC(C)=CCOCC=C(C)CO. The summed E-state index contributed by atoms with van der Waals surface area (Å²) in [6.07, 6.45) is 3.92. The molecule has 12 heavy (non-hydrogen) atoms. The molecule has 1 N–H and O–H groups in total. The molecule has 0 aliphatic heterocycles. The van der Waals surface area contributed by atoms with Gasteiger partial charge in [-0.1, -0.05) is 17.7 Å². The van der Waals surface area contributed by atoms with E-state index in [-0.39, 0.29) is 6.61 Å². The first-order valence-corrected chi connectivity index (χ1v) is 4.14. The Balaban J connectivity index is 3.39. The Bertz CT molecular complexity index is 165. The Labute approximate surface area is 74.6 Å². The van der Waals surface area contributed by atoms with Crippen molar-refractivity contribution in [2.24, 2.45) is 0 Å². The van der Waals surface area contributed by atoms with Gasteiger partial charge in [0.25, 0.3) is 0 Å². The minimum Gasteiger partial charge on any atom is -0.392 e. The molecule has 0 rings (SSSR count). The zero-order chi connectivity index (χ0) is 9.40. The molecule has 0 bridgehead atoms. The molecule has 0 aromatic heterocycles. The van der Waals surface area contributed by atoms with Crippen molar-refractivity contribution in [1.82, 2.24) is 0 Å². The lowest BCUT2D eigenvalue weighted by Gasteiger charge is -1.97. The lowest BCUT2D eigenvalue weighted by molar-refractivity contribution is 0.192. The van der Waals surface area contributed by atoms with E-state index >= 15 is 0 Å². The van der Waals surface area contributed by atoms with Crippen molar-refractivity contribution in [3.8, 4) is 0 Å². The van der Waals surface area contributed by atoms with Crippen LogP contribution in [0.4, 0.5) is 0 Å². The first kappa shape index (κ1) is 11.4. The van der Waals surface area contributed by atoms with Crippen LogP contribution in [0.15, 0.2) is 23.3 Å². The Hall–Kier alpha value is -0.600. The molecule has 2 nitrogen and oxygen atoms in total. The van der Waals surface area contributed by atoms with Crippen LogP contribution in [-0.2, 0) is 4.74 Å². The summed E-state index contributed by atoms with van der Waals surface area (Å²) in [4.78, 5) is 0. The van der Waals surface area contributed by atoms with Gasteiger partial charge in [0.1, 0.15) is 0 Å².